The predicted octanol–water partition coefficient (Wildman–Crippen LogP) is 1.80. The van der Waals surface area contributed by atoms with E-state index in [0.29, 0.717) is 12.1 Å². The first-order chi connectivity index (χ1) is 9.60. The molecule has 1 aliphatic heterocycles. The van der Waals surface area contributed by atoms with E-state index in [0.717, 1.165) is 50.9 Å². The average molecular weight is 280 g/mol. The van der Waals surface area contributed by atoms with Gasteiger partial charge < -0.3 is 19.5 Å². The molecule has 0 amide bonds. The molecule has 114 valence electrons. The number of aromatic nitrogens is 2. The van der Waals surface area contributed by atoms with Gasteiger partial charge in [-0.25, -0.2) is 4.98 Å². The monoisotopic (exact) mass is 280 g/mol. The minimum atomic E-state index is 0.507. The molecule has 0 bridgehead atoms. The van der Waals surface area contributed by atoms with Crippen LogP contribution in [0, 0.1) is 6.92 Å². The topological polar surface area (TPSA) is 42.3 Å². The molecule has 1 aromatic heterocycles. The van der Waals surface area contributed by atoms with Crippen LogP contribution in [0.4, 0.5) is 5.95 Å². The van der Waals surface area contributed by atoms with Crippen molar-refractivity contribution in [3.8, 4) is 0 Å². The van der Waals surface area contributed by atoms with Gasteiger partial charge in [0.05, 0.1) is 5.69 Å². The van der Waals surface area contributed by atoms with Gasteiger partial charge in [-0.1, -0.05) is 0 Å². The first kappa shape index (κ1) is 15.3. The molecule has 0 aliphatic carbocycles. The summed E-state index contributed by atoms with van der Waals surface area (Å²) in [6, 6.07) is 1.01. The van der Waals surface area contributed by atoms with Crippen molar-refractivity contribution in [1.82, 2.24) is 14.9 Å². The molecule has 1 N–H and O–H groups in total. The van der Waals surface area contributed by atoms with Gasteiger partial charge in [0, 0.05) is 51.1 Å². The Balaban J connectivity index is 2.02. The standard InChI is InChI=1S/C15H28N4O/c1-5-20-8-6-7-18-9-14(4)17-15(18)19-10-12(2)16-13(3)11-19/h9,12-13,16H,5-8,10-11H2,1-4H3. The van der Waals surface area contributed by atoms with Crippen LogP contribution in [0.2, 0.25) is 0 Å². The second-order valence-corrected chi connectivity index (χ2v) is 5.80. The lowest BCUT2D eigenvalue weighted by atomic mass is 10.1. The fourth-order valence-corrected chi connectivity index (χ4v) is 2.92. The fourth-order valence-electron chi connectivity index (χ4n) is 2.92. The lowest BCUT2D eigenvalue weighted by Crippen LogP contribution is -2.55. The van der Waals surface area contributed by atoms with Gasteiger partial charge in [0.1, 0.15) is 0 Å². The van der Waals surface area contributed by atoms with Gasteiger partial charge in [-0.15, -0.1) is 0 Å². The van der Waals surface area contributed by atoms with Crippen LogP contribution < -0.4 is 10.2 Å². The highest BCUT2D eigenvalue weighted by atomic mass is 16.5. The molecular weight excluding hydrogens is 252 g/mol. The van der Waals surface area contributed by atoms with Crippen molar-refractivity contribution in [2.75, 3.05) is 31.2 Å². The highest BCUT2D eigenvalue weighted by molar-refractivity contribution is 5.35. The minimum Gasteiger partial charge on any atom is -0.382 e. The third-order valence-electron chi connectivity index (χ3n) is 3.61. The van der Waals surface area contributed by atoms with Gasteiger partial charge in [0.25, 0.3) is 0 Å². The predicted molar refractivity (Wildman–Crippen MR) is 82.3 cm³/mol. The zero-order valence-electron chi connectivity index (χ0n) is 13.2. The Morgan fingerprint density at radius 2 is 2.05 bits per heavy atom. The minimum absolute atomic E-state index is 0.507. The van der Waals surface area contributed by atoms with Crippen LogP contribution >= 0.6 is 0 Å². The summed E-state index contributed by atoms with van der Waals surface area (Å²) in [7, 11) is 0. The van der Waals surface area contributed by atoms with Crippen molar-refractivity contribution in [3.05, 3.63) is 11.9 Å². The van der Waals surface area contributed by atoms with E-state index in [9.17, 15) is 0 Å². The van der Waals surface area contributed by atoms with Crippen LogP contribution in [0.1, 0.15) is 32.9 Å². The van der Waals surface area contributed by atoms with Crippen molar-refractivity contribution < 1.29 is 4.74 Å². The van der Waals surface area contributed by atoms with E-state index in [1.807, 2.05) is 6.92 Å². The van der Waals surface area contributed by atoms with Gasteiger partial charge in [-0.3, -0.25) is 0 Å². The van der Waals surface area contributed by atoms with Crippen molar-refractivity contribution >= 4 is 5.95 Å². The molecule has 0 spiro atoms. The molecule has 5 nitrogen and oxygen atoms in total. The Labute approximate surface area is 122 Å². The van der Waals surface area contributed by atoms with Crippen LogP contribution in [-0.2, 0) is 11.3 Å². The largest absolute Gasteiger partial charge is 0.382 e. The number of piperazine rings is 1. The molecule has 0 aromatic carbocycles. The van der Waals surface area contributed by atoms with Crippen LogP contribution in [0.15, 0.2) is 6.20 Å². The van der Waals surface area contributed by atoms with Crippen LogP contribution in [0.5, 0.6) is 0 Å². The van der Waals surface area contributed by atoms with E-state index in [1.54, 1.807) is 0 Å². The number of ether oxygens (including phenoxy) is 1. The van der Waals surface area contributed by atoms with E-state index in [1.165, 1.54) is 0 Å². The summed E-state index contributed by atoms with van der Waals surface area (Å²) in [5.41, 5.74) is 1.09. The smallest absolute Gasteiger partial charge is 0.205 e. The summed E-state index contributed by atoms with van der Waals surface area (Å²) in [4.78, 5) is 7.12. The lowest BCUT2D eigenvalue weighted by Gasteiger charge is -2.37. The average Bonchev–Trinajstić information content (AvgIpc) is 2.75. The summed E-state index contributed by atoms with van der Waals surface area (Å²) in [5, 5.41) is 3.57. The Hall–Kier alpha value is -1.07. The van der Waals surface area contributed by atoms with Crippen molar-refractivity contribution in [3.63, 3.8) is 0 Å². The van der Waals surface area contributed by atoms with Crippen LogP contribution in [0.3, 0.4) is 0 Å². The maximum atomic E-state index is 5.42. The number of nitrogens with zero attached hydrogens (tertiary/aromatic N) is 3. The second kappa shape index (κ2) is 7.09. The first-order valence-corrected chi connectivity index (χ1v) is 7.72. The molecule has 5 heteroatoms. The Kier molecular flexibility index (Phi) is 5.43. The molecule has 1 aromatic rings. The summed E-state index contributed by atoms with van der Waals surface area (Å²) in [6.45, 7) is 13.2. The maximum Gasteiger partial charge on any atom is 0.205 e. The molecule has 1 saturated heterocycles. The van der Waals surface area contributed by atoms with Crippen molar-refractivity contribution in [1.29, 1.82) is 0 Å². The molecule has 0 radical (unpaired) electrons. The molecular formula is C15H28N4O. The van der Waals surface area contributed by atoms with Gasteiger partial charge >= 0.3 is 0 Å². The maximum absolute atomic E-state index is 5.42. The zero-order chi connectivity index (χ0) is 14.5. The zero-order valence-corrected chi connectivity index (χ0v) is 13.2. The summed E-state index contributed by atoms with van der Waals surface area (Å²) in [6.07, 6.45) is 3.19. The molecule has 2 rings (SSSR count). The lowest BCUT2D eigenvalue weighted by molar-refractivity contribution is 0.141. The second-order valence-electron chi connectivity index (χ2n) is 5.80. The quantitative estimate of drug-likeness (QED) is 0.807. The fraction of sp³-hybridized carbons (Fsp3) is 0.800. The van der Waals surface area contributed by atoms with Gasteiger partial charge in [0.2, 0.25) is 5.95 Å². The first-order valence-electron chi connectivity index (χ1n) is 7.72. The van der Waals surface area contributed by atoms with Crippen molar-refractivity contribution in [2.45, 2.75) is 52.7 Å². The normalized spacial score (nSPS) is 23.3. The molecule has 1 aliphatic rings. The third-order valence-corrected chi connectivity index (χ3v) is 3.61. The molecule has 2 heterocycles. The Morgan fingerprint density at radius 3 is 2.70 bits per heavy atom. The van der Waals surface area contributed by atoms with E-state index in [-0.39, 0.29) is 0 Å². The van der Waals surface area contributed by atoms with E-state index < -0.39 is 0 Å². The third kappa shape index (κ3) is 3.96. The van der Waals surface area contributed by atoms with Gasteiger partial charge in [-0.05, 0) is 34.1 Å². The van der Waals surface area contributed by atoms with E-state index >= 15 is 0 Å². The number of nitrogens with one attached hydrogen (secondary N) is 1. The number of aryl methyl sites for hydroxylation is 2. The molecule has 2 atom stereocenters. The molecule has 0 saturated carbocycles. The van der Waals surface area contributed by atoms with Crippen LogP contribution in [-0.4, -0.2) is 47.9 Å². The van der Waals surface area contributed by atoms with Gasteiger partial charge in [-0.2, -0.15) is 0 Å². The number of imidazole rings is 1. The highest BCUT2D eigenvalue weighted by Crippen LogP contribution is 2.18. The summed E-state index contributed by atoms with van der Waals surface area (Å²) in [5.74, 6) is 1.11. The number of hydrogen-bond donors (Lipinski definition) is 1. The SMILES string of the molecule is CCOCCCn1cc(C)nc1N1CC(C)NC(C)C1. The highest BCUT2D eigenvalue weighted by Gasteiger charge is 2.24. The Bertz CT molecular complexity index is 408. The Morgan fingerprint density at radius 1 is 1.35 bits per heavy atom. The number of rotatable bonds is 6. The number of hydrogen-bond acceptors (Lipinski definition) is 4. The van der Waals surface area contributed by atoms with Crippen molar-refractivity contribution in [2.24, 2.45) is 0 Å². The molecule has 20 heavy (non-hydrogen) atoms. The van der Waals surface area contributed by atoms with Gasteiger partial charge in [0.15, 0.2) is 0 Å². The van der Waals surface area contributed by atoms with E-state index in [4.69, 9.17) is 9.72 Å². The van der Waals surface area contributed by atoms with Crippen LogP contribution in [0.25, 0.3) is 0 Å². The summed E-state index contributed by atoms with van der Waals surface area (Å²) >= 11 is 0. The number of anilines is 1. The molecule has 2 unspecified atom stereocenters. The summed E-state index contributed by atoms with van der Waals surface area (Å²) < 4.78 is 7.70. The van der Waals surface area contributed by atoms with E-state index in [2.05, 4.69) is 41.8 Å². The molecule has 1 fully saturated rings.